The van der Waals surface area contributed by atoms with Crippen LogP contribution in [-0.2, 0) is 6.54 Å². The third-order valence-corrected chi connectivity index (χ3v) is 2.81. The summed E-state index contributed by atoms with van der Waals surface area (Å²) in [6, 6.07) is 10.2. The molecule has 84 valence electrons. The Morgan fingerprint density at radius 1 is 1.25 bits per heavy atom. The van der Waals surface area contributed by atoms with E-state index in [2.05, 4.69) is 12.2 Å². The molecule has 2 rings (SSSR count). The summed E-state index contributed by atoms with van der Waals surface area (Å²) in [4.78, 5) is 0. The molecule has 0 bridgehead atoms. The fraction of sp³-hybridized carbons (Fsp3) is 0.231. The Balaban J connectivity index is 1.93. The quantitative estimate of drug-likeness (QED) is 0.873. The SMILES string of the molecule is CC(NCc1ccoc1)c1ccc(Cl)cc1. The summed E-state index contributed by atoms with van der Waals surface area (Å²) in [5.41, 5.74) is 2.38. The van der Waals surface area contributed by atoms with E-state index in [0.29, 0.717) is 6.04 Å². The number of hydrogen-bond acceptors (Lipinski definition) is 2. The van der Waals surface area contributed by atoms with Gasteiger partial charge >= 0.3 is 0 Å². The highest BCUT2D eigenvalue weighted by Gasteiger charge is 2.04. The highest BCUT2D eigenvalue weighted by molar-refractivity contribution is 6.30. The van der Waals surface area contributed by atoms with Crippen molar-refractivity contribution in [1.29, 1.82) is 0 Å². The average molecular weight is 236 g/mol. The normalized spacial score (nSPS) is 12.6. The summed E-state index contributed by atoms with van der Waals surface area (Å²) in [7, 11) is 0. The second kappa shape index (κ2) is 5.19. The molecule has 16 heavy (non-hydrogen) atoms. The first-order valence-electron chi connectivity index (χ1n) is 5.25. The Morgan fingerprint density at radius 3 is 2.62 bits per heavy atom. The van der Waals surface area contributed by atoms with Gasteiger partial charge in [0.25, 0.3) is 0 Å². The van der Waals surface area contributed by atoms with Crippen LogP contribution in [-0.4, -0.2) is 0 Å². The first-order valence-corrected chi connectivity index (χ1v) is 5.63. The molecule has 0 saturated carbocycles. The lowest BCUT2D eigenvalue weighted by molar-refractivity contribution is 0.547. The number of furan rings is 1. The molecule has 0 aliphatic heterocycles. The Labute approximate surface area is 100 Å². The van der Waals surface area contributed by atoms with E-state index in [1.165, 1.54) is 5.56 Å². The first kappa shape index (κ1) is 11.2. The van der Waals surface area contributed by atoms with Gasteiger partial charge in [0.1, 0.15) is 0 Å². The van der Waals surface area contributed by atoms with Gasteiger partial charge in [-0.25, -0.2) is 0 Å². The fourth-order valence-corrected chi connectivity index (χ4v) is 1.66. The van der Waals surface area contributed by atoms with E-state index in [1.54, 1.807) is 12.5 Å². The van der Waals surface area contributed by atoms with E-state index in [0.717, 1.165) is 17.1 Å². The molecule has 1 heterocycles. The maximum atomic E-state index is 5.84. The van der Waals surface area contributed by atoms with E-state index >= 15 is 0 Å². The van der Waals surface area contributed by atoms with Crippen molar-refractivity contribution in [2.75, 3.05) is 0 Å². The van der Waals surface area contributed by atoms with E-state index in [9.17, 15) is 0 Å². The Hall–Kier alpha value is -1.25. The van der Waals surface area contributed by atoms with Crippen LogP contribution in [0.1, 0.15) is 24.1 Å². The van der Waals surface area contributed by atoms with Gasteiger partial charge in [-0.3, -0.25) is 0 Å². The maximum Gasteiger partial charge on any atom is 0.0947 e. The zero-order valence-electron chi connectivity index (χ0n) is 9.11. The second-order valence-corrected chi connectivity index (χ2v) is 4.22. The summed E-state index contributed by atoms with van der Waals surface area (Å²) < 4.78 is 5.01. The van der Waals surface area contributed by atoms with Gasteiger partial charge < -0.3 is 9.73 Å². The summed E-state index contributed by atoms with van der Waals surface area (Å²) in [6.07, 6.45) is 3.44. The molecule has 0 radical (unpaired) electrons. The van der Waals surface area contributed by atoms with E-state index < -0.39 is 0 Å². The molecule has 2 nitrogen and oxygen atoms in total. The van der Waals surface area contributed by atoms with Gasteiger partial charge in [0.05, 0.1) is 12.5 Å². The van der Waals surface area contributed by atoms with Crippen LogP contribution in [0.5, 0.6) is 0 Å². The van der Waals surface area contributed by atoms with Crippen molar-refractivity contribution in [2.45, 2.75) is 19.5 Å². The van der Waals surface area contributed by atoms with Crippen molar-refractivity contribution in [1.82, 2.24) is 5.32 Å². The fourth-order valence-electron chi connectivity index (χ4n) is 1.53. The predicted molar refractivity (Wildman–Crippen MR) is 65.4 cm³/mol. The monoisotopic (exact) mass is 235 g/mol. The van der Waals surface area contributed by atoms with Gasteiger partial charge in [-0.1, -0.05) is 23.7 Å². The zero-order valence-corrected chi connectivity index (χ0v) is 9.87. The standard InChI is InChI=1S/C13H14ClNO/c1-10(12-2-4-13(14)5-3-12)15-8-11-6-7-16-9-11/h2-7,9-10,15H,8H2,1H3. The van der Waals surface area contributed by atoms with Gasteiger partial charge in [0, 0.05) is 23.2 Å². The Kier molecular flexibility index (Phi) is 3.65. The second-order valence-electron chi connectivity index (χ2n) is 3.79. The average Bonchev–Trinajstić information content (AvgIpc) is 2.80. The number of hydrogen-bond donors (Lipinski definition) is 1. The van der Waals surface area contributed by atoms with Gasteiger partial charge in [0.2, 0.25) is 0 Å². The molecule has 2 aromatic rings. The molecular weight excluding hydrogens is 222 g/mol. The molecule has 0 aliphatic rings. The number of benzene rings is 1. The lowest BCUT2D eigenvalue weighted by Gasteiger charge is -2.13. The zero-order chi connectivity index (χ0) is 11.4. The molecule has 3 heteroatoms. The molecular formula is C13H14ClNO. The van der Waals surface area contributed by atoms with Gasteiger partial charge in [-0.05, 0) is 30.7 Å². The molecule has 1 N–H and O–H groups in total. The minimum absolute atomic E-state index is 0.298. The van der Waals surface area contributed by atoms with Crippen LogP contribution in [0.4, 0.5) is 0 Å². The van der Waals surface area contributed by atoms with Crippen molar-refractivity contribution < 1.29 is 4.42 Å². The Morgan fingerprint density at radius 2 is 2.00 bits per heavy atom. The van der Waals surface area contributed by atoms with Gasteiger partial charge in [-0.2, -0.15) is 0 Å². The van der Waals surface area contributed by atoms with Crippen molar-refractivity contribution in [3.8, 4) is 0 Å². The smallest absolute Gasteiger partial charge is 0.0947 e. The van der Waals surface area contributed by atoms with Crippen LogP contribution in [0, 0.1) is 0 Å². The lowest BCUT2D eigenvalue weighted by Crippen LogP contribution is -2.17. The molecule has 1 aromatic heterocycles. The molecule has 0 spiro atoms. The van der Waals surface area contributed by atoms with Crippen molar-refractivity contribution >= 4 is 11.6 Å². The molecule has 1 atom stereocenters. The van der Waals surface area contributed by atoms with Crippen molar-refractivity contribution in [2.24, 2.45) is 0 Å². The van der Waals surface area contributed by atoms with Crippen molar-refractivity contribution in [3.63, 3.8) is 0 Å². The molecule has 0 amide bonds. The first-order chi connectivity index (χ1) is 7.75. The summed E-state index contributed by atoms with van der Waals surface area (Å²) in [5, 5.41) is 4.19. The molecule has 1 aromatic carbocycles. The van der Waals surface area contributed by atoms with Crippen LogP contribution in [0.15, 0.2) is 47.3 Å². The topological polar surface area (TPSA) is 25.2 Å². The van der Waals surface area contributed by atoms with Gasteiger partial charge in [-0.15, -0.1) is 0 Å². The van der Waals surface area contributed by atoms with E-state index in [1.807, 2.05) is 30.3 Å². The summed E-state index contributed by atoms with van der Waals surface area (Å²) in [5.74, 6) is 0. The lowest BCUT2D eigenvalue weighted by atomic mass is 10.1. The van der Waals surface area contributed by atoms with Crippen LogP contribution in [0.3, 0.4) is 0 Å². The Bertz CT molecular complexity index is 422. The van der Waals surface area contributed by atoms with Crippen molar-refractivity contribution in [3.05, 3.63) is 59.0 Å². The highest BCUT2D eigenvalue weighted by atomic mass is 35.5. The van der Waals surface area contributed by atoms with E-state index in [4.69, 9.17) is 16.0 Å². The van der Waals surface area contributed by atoms with E-state index in [-0.39, 0.29) is 0 Å². The predicted octanol–water partition coefficient (Wildman–Crippen LogP) is 3.78. The number of nitrogens with one attached hydrogen (secondary N) is 1. The molecule has 0 saturated heterocycles. The largest absolute Gasteiger partial charge is 0.472 e. The summed E-state index contributed by atoms with van der Waals surface area (Å²) >= 11 is 5.84. The highest BCUT2D eigenvalue weighted by Crippen LogP contribution is 2.16. The van der Waals surface area contributed by atoms with Crippen LogP contribution >= 0.6 is 11.6 Å². The number of halogens is 1. The van der Waals surface area contributed by atoms with Crippen LogP contribution in [0.25, 0.3) is 0 Å². The summed E-state index contributed by atoms with van der Waals surface area (Å²) in [6.45, 7) is 2.93. The van der Waals surface area contributed by atoms with Crippen LogP contribution < -0.4 is 5.32 Å². The molecule has 0 fully saturated rings. The third kappa shape index (κ3) is 2.87. The minimum Gasteiger partial charge on any atom is -0.472 e. The van der Waals surface area contributed by atoms with Crippen LogP contribution in [0.2, 0.25) is 5.02 Å². The molecule has 1 unspecified atom stereocenters. The minimum atomic E-state index is 0.298. The number of rotatable bonds is 4. The van der Waals surface area contributed by atoms with Gasteiger partial charge in [0.15, 0.2) is 0 Å². The maximum absolute atomic E-state index is 5.84. The third-order valence-electron chi connectivity index (χ3n) is 2.56. The molecule has 0 aliphatic carbocycles.